The average molecular weight is 400 g/mol. The fourth-order valence-electron chi connectivity index (χ4n) is 2.75. The van der Waals surface area contributed by atoms with E-state index in [4.69, 9.17) is 20.9 Å². The Bertz CT molecular complexity index is 887. The minimum absolute atomic E-state index is 0.00194. The molecular formula is C14H20N6O6S. The van der Waals surface area contributed by atoms with Crippen LogP contribution in [0.15, 0.2) is 11.1 Å². The molecule has 2 aromatic rings. The van der Waals surface area contributed by atoms with Gasteiger partial charge in [0.05, 0.1) is 6.33 Å². The molecule has 13 heteroatoms. The van der Waals surface area contributed by atoms with Gasteiger partial charge in [-0.2, -0.15) is 17.6 Å². The van der Waals surface area contributed by atoms with Gasteiger partial charge in [-0.25, -0.2) is 4.98 Å². The van der Waals surface area contributed by atoms with Crippen molar-refractivity contribution in [2.45, 2.75) is 37.0 Å². The van der Waals surface area contributed by atoms with E-state index in [2.05, 4.69) is 27.6 Å². The molecule has 0 saturated carbocycles. The van der Waals surface area contributed by atoms with Crippen molar-refractivity contribution in [1.82, 2.24) is 19.5 Å². The van der Waals surface area contributed by atoms with Gasteiger partial charge in [-0.15, -0.1) is 0 Å². The standard InChI is InChI=1S/C14H20N6O6S/c15-5(1-2-27)13(24)25-3-6-8(21)9(22)12(26-6)20-4-17-7-10(20)18-14(16)19-11(7)23/h4-6,8-9,12,21-22,27H,1-3,15H2,(H3,16,18,19,23)/t5-,6+,8+,9+,12+/m0/s1. The Morgan fingerprint density at radius 3 is 2.93 bits per heavy atom. The Kier molecular flexibility index (Phi) is 5.67. The van der Waals surface area contributed by atoms with Crippen molar-refractivity contribution in [3.8, 4) is 0 Å². The molecule has 148 valence electrons. The molecule has 0 radical (unpaired) electrons. The number of nitrogen functional groups attached to an aromatic ring is 1. The number of H-pyrrole nitrogens is 1. The van der Waals surface area contributed by atoms with Crippen molar-refractivity contribution in [1.29, 1.82) is 0 Å². The number of ether oxygens (including phenoxy) is 2. The second-order valence-corrected chi connectivity index (χ2v) is 6.52. The van der Waals surface area contributed by atoms with Gasteiger partial charge in [0.1, 0.15) is 31.0 Å². The lowest BCUT2D eigenvalue weighted by Gasteiger charge is -2.17. The molecule has 1 aliphatic rings. The molecule has 0 unspecified atom stereocenters. The van der Waals surface area contributed by atoms with Gasteiger partial charge in [-0.3, -0.25) is 19.1 Å². The molecule has 12 nitrogen and oxygen atoms in total. The van der Waals surface area contributed by atoms with Crippen molar-refractivity contribution >= 4 is 35.7 Å². The molecule has 5 atom stereocenters. The predicted octanol–water partition coefficient (Wildman–Crippen LogP) is -2.49. The molecule has 0 aromatic carbocycles. The maximum absolute atomic E-state index is 11.9. The first-order chi connectivity index (χ1) is 12.8. The molecule has 0 spiro atoms. The van der Waals surface area contributed by atoms with E-state index < -0.39 is 42.1 Å². The summed E-state index contributed by atoms with van der Waals surface area (Å²) in [5.41, 5.74) is 10.7. The minimum atomic E-state index is -1.38. The number of hydrogen-bond acceptors (Lipinski definition) is 11. The summed E-state index contributed by atoms with van der Waals surface area (Å²) in [5.74, 6) is -0.374. The molecule has 1 saturated heterocycles. The molecule has 0 aliphatic carbocycles. The van der Waals surface area contributed by atoms with Crippen LogP contribution in [0.4, 0.5) is 5.95 Å². The summed E-state index contributed by atoms with van der Waals surface area (Å²) in [6.07, 6.45) is -3.25. The van der Waals surface area contributed by atoms with Crippen LogP contribution in [0, 0.1) is 0 Å². The number of nitrogens with one attached hydrogen (secondary N) is 1. The first-order valence-corrected chi connectivity index (χ1v) is 8.73. The summed E-state index contributed by atoms with van der Waals surface area (Å²) in [6.45, 7) is -0.309. The number of anilines is 1. The van der Waals surface area contributed by atoms with Crippen LogP contribution in [-0.4, -0.2) is 72.4 Å². The number of rotatable bonds is 6. The minimum Gasteiger partial charge on any atom is -0.462 e. The van der Waals surface area contributed by atoms with Gasteiger partial charge in [-0.1, -0.05) is 0 Å². The number of imidazole rings is 1. The van der Waals surface area contributed by atoms with Crippen molar-refractivity contribution in [3.63, 3.8) is 0 Å². The molecule has 27 heavy (non-hydrogen) atoms. The SMILES string of the molecule is Nc1nc2c(ncn2[C@@H]2O[C@H](COC(=O)[C@@H](N)CCS)[C@@H](O)[C@H]2O)c(=O)[nH]1. The van der Waals surface area contributed by atoms with Crippen molar-refractivity contribution in [2.75, 3.05) is 18.1 Å². The zero-order chi connectivity index (χ0) is 19.7. The molecule has 0 amide bonds. The number of aliphatic hydroxyl groups is 2. The Labute approximate surface area is 157 Å². The number of nitrogens with zero attached hydrogens (tertiary/aromatic N) is 3. The summed E-state index contributed by atoms with van der Waals surface area (Å²) in [6, 6.07) is -0.835. The van der Waals surface area contributed by atoms with Crippen LogP contribution in [0.2, 0.25) is 0 Å². The highest BCUT2D eigenvalue weighted by Gasteiger charge is 2.45. The smallest absolute Gasteiger partial charge is 0.323 e. The molecule has 3 rings (SSSR count). The number of aliphatic hydroxyl groups excluding tert-OH is 2. The molecule has 2 aromatic heterocycles. The van der Waals surface area contributed by atoms with Crippen LogP contribution >= 0.6 is 12.6 Å². The van der Waals surface area contributed by atoms with Crippen LogP contribution < -0.4 is 17.0 Å². The van der Waals surface area contributed by atoms with E-state index in [1.165, 1.54) is 10.9 Å². The van der Waals surface area contributed by atoms with Crippen LogP contribution in [0.25, 0.3) is 11.2 Å². The van der Waals surface area contributed by atoms with Crippen molar-refractivity contribution in [3.05, 3.63) is 16.7 Å². The van der Waals surface area contributed by atoms with Crippen LogP contribution in [0.5, 0.6) is 0 Å². The molecule has 1 fully saturated rings. The fraction of sp³-hybridized carbons (Fsp3) is 0.571. The maximum Gasteiger partial charge on any atom is 0.323 e. The molecule has 1 aliphatic heterocycles. The number of hydrogen-bond donors (Lipinski definition) is 6. The Balaban J connectivity index is 1.76. The lowest BCUT2D eigenvalue weighted by atomic mass is 10.1. The van der Waals surface area contributed by atoms with Gasteiger partial charge in [0.15, 0.2) is 17.4 Å². The van der Waals surface area contributed by atoms with Crippen LogP contribution in [-0.2, 0) is 14.3 Å². The van der Waals surface area contributed by atoms with Gasteiger partial charge in [0, 0.05) is 0 Å². The third-order valence-corrected chi connectivity index (χ3v) is 4.45. The van der Waals surface area contributed by atoms with Gasteiger partial charge in [0.25, 0.3) is 5.56 Å². The van der Waals surface area contributed by atoms with E-state index in [1.54, 1.807) is 0 Å². The summed E-state index contributed by atoms with van der Waals surface area (Å²) in [5, 5.41) is 20.5. The number of esters is 1. The Hall–Kier alpha value is -2.19. The van der Waals surface area contributed by atoms with Gasteiger partial charge >= 0.3 is 5.97 Å². The first kappa shape index (κ1) is 19.6. The number of thiol groups is 1. The van der Waals surface area contributed by atoms with E-state index in [-0.39, 0.29) is 23.7 Å². The molecule has 3 heterocycles. The van der Waals surface area contributed by atoms with Crippen molar-refractivity contribution in [2.24, 2.45) is 5.73 Å². The first-order valence-electron chi connectivity index (χ1n) is 8.10. The molecule has 0 bridgehead atoms. The number of carbonyl (C=O) groups excluding carboxylic acids is 1. The Morgan fingerprint density at radius 1 is 1.48 bits per heavy atom. The summed E-state index contributed by atoms with van der Waals surface area (Å²) >= 11 is 3.99. The molecule has 7 N–H and O–H groups in total. The second kappa shape index (κ2) is 7.82. The van der Waals surface area contributed by atoms with Crippen LogP contribution in [0.3, 0.4) is 0 Å². The number of aromatic nitrogens is 4. The lowest BCUT2D eigenvalue weighted by Crippen LogP contribution is -2.38. The number of aromatic amines is 1. The second-order valence-electron chi connectivity index (χ2n) is 6.07. The zero-order valence-electron chi connectivity index (χ0n) is 14.1. The topological polar surface area (TPSA) is 192 Å². The highest BCUT2D eigenvalue weighted by atomic mass is 32.1. The maximum atomic E-state index is 11.9. The number of fused-ring (bicyclic) bond motifs is 1. The van der Waals surface area contributed by atoms with E-state index in [9.17, 15) is 19.8 Å². The monoisotopic (exact) mass is 400 g/mol. The lowest BCUT2D eigenvalue weighted by molar-refractivity contribution is -0.151. The number of carbonyl (C=O) groups is 1. The average Bonchev–Trinajstić information content (AvgIpc) is 3.15. The van der Waals surface area contributed by atoms with E-state index in [0.717, 1.165) is 0 Å². The van der Waals surface area contributed by atoms with E-state index in [1.807, 2.05) is 0 Å². The summed E-state index contributed by atoms with van der Waals surface area (Å²) < 4.78 is 11.9. The molecular weight excluding hydrogens is 380 g/mol. The Morgan fingerprint density at radius 2 is 2.22 bits per heavy atom. The summed E-state index contributed by atoms with van der Waals surface area (Å²) in [7, 11) is 0. The largest absolute Gasteiger partial charge is 0.462 e. The zero-order valence-corrected chi connectivity index (χ0v) is 15.0. The highest BCUT2D eigenvalue weighted by Crippen LogP contribution is 2.31. The fourth-order valence-corrected chi connectivity index (χ4v) is 3.03. The van der Waals surface area contributed by atoms with E-state index >= 15 is 0 Å². The van der Waals surface area contributed by atoms with Crippen molar-refractivity contribution < 1.29 is 24.5 Å². The summed E-state index contributed by atoms with van der Waals surface area (Å²) in [4.78, 5) is 33.9. The van der Waals surface area contributed by atoms with Gasteiger partial charge in [0.2, 0.25) is 5.95 Å². The predicted molar refractivity (Wildman–Crippen MR) is 95.9 cm³/mol. The van der Waals surface area contributed by atoms with Gasteiger partial charge < -0.3 is 31.2 Å². The third-order valence-electron chi connectivity index (χ3n) is 4.19. The van der Waals surface area contributed by atoms with Crippen LogP contribution in [0.1, 0.15) is 12.6 Å². The normalized spacial score (nSPS) is 26.4. The third kappa shape index (κ3) is 3.77. The number of nitrogens with two attached hydrogens (primary N) is 2. The highest BCUT2D eigenvalue weighted by molar-refractivity contribution is 7.80. The van der Waals surface area contributed by atoms with Gasteiger partial charge in [-0.05, 0) is 12.2 Å². The quantitative estimate of drug-likeness (QED) is 0.223. The van der Waals surface area contributed by atoms with E-state index in [0.29, 0.717) is 12.2 Å².